The number of carbonyl (C=O) groups is 1. The zero-order valence-electron chi connectivity index (χ0n) is 18.0. The Bertz CT molecular complexity index is 1140. The number of para-hydroxylation sites is 1. The molecule has 2 aromatic heterocycles. The summed E-state index contributed by atoms with van der Waals surface area (Å²) in [5.41, 5.74) is 4.94. The summed E-state index contributed by atoms with van der Waals surface area (Å²) in [6.45, 7) is 8.29. The highest BCUT2D eigenvalue weighted by Gasteiger charge is 2.42. The first kappa shape index (κ1) is 21.1. The fraction of sp³-hybridized carbons (Fsp3) is 0.292. The SMILES string of the molecule is Cc1cc([C@@H]2[C@@H](c3ccccn3)NC(=S)N2C(C)C)c(C)n1-c1ccccc1C(=O)O. The van der Waals surface area contributed by atoms with Gasteiger partial charge in [0, 0.05) is 23.6 Å². The van der Waals surface area contributed by atoms with Crippen molar-refractivity contribution >= 4 is 23.3 Å². The molecule has 0 spiro atoms. The molecule has 1 aliphatic rings. The molecule has 31 heavy (non-hydrogen) atoms. The number of carboxylic acid groups (broad SMARTS) is 1. The number of rotatable bonds is 5. The van der Waals surface area contributed by atoms with Crippen molar-refractivity contribution < 1.29 is 9.90 Å². The highest BCUT2D eigenvalue weighted by molar-refractivity contribution is 7.80. The van der Waals surface area contributed by atoms with Crippen LogP contribution in [0.15, 0.2) is 54.7 Å². The van der Waals surface area contributed by atoms with E-state index in [1.165, 1.54) is 0 Å². The molecule has 160 valence electrons. The Kier molecular flexibility index (Phi) is 5.54. The van der Waals surface area contributed by atoms with Crippen LogP contribution in [-0.2, 0) is 0 Å². The molecule has 0 amide bonds. The molecule has 0 unspecified atom stereocenters. The number of pyridine rings is 1. The highest BCUT2D eigenvalue weighted by atomic mass is 32.1. The second-order valence-electron chi connectivity index (χ2n) is 8.11. The van der Waals surface area contributed by atoms with Crippen molar-refractivity contribution in [2.24, 2.45) is 0 Å². The van der Waals surface area contributed by atoms with Gasteiger partial charge in [-0.1, -0.05) is 18.2 Å². The van der Waals surface area contributed by atoms with Crippen molar-refractivity contribution in [2.75, 3.05) is 0 Å². The van der Waals surface area contributed by atoms with Gasteiger partial charge in [0.25, 0.3) is 0 Å². The normalized spacial score (nSPS) is 18.5. The molecule has 4 rings (SSSR count). The number of benzene rings is 1. The summed E-state index contributed by atoms with van der Waals surface area (Å²) in [4.78, 5) is 18.6. The molecular formula is C24H26N4O2S. The van der Waals surface area contributed by atoms with E-state index >= 15 is 0 Å². The predicted molar refractivity (Wildman–Crippen MR) is 125 cm³/mol. The van der Waals surface area contributed by atoms with E-state index in [9.17, 15) is 9.90 Å². The molecule has 6 nitrogen and oxygen atoms in total. The van der Waals surface area contributed by atoms with Crippen molar-refractivity contribution in [3.05, 3.63) is 82.9 Å². The van der Waals surface area contributed by atoms with Crippen LogP contribution >= 0.6 is 12.2 Å². The summed E-state index contributed by atoms with van der Waals surface area (Å²) in [7, 11) is 0. The third kappa shape index (κ3) is 3.59. The van der Waals surface area contributed by atoms with Gasteiger partial charge in [-0.2, -0.15) is 0 Å². The monoisotopic (exact) mass is 434 g/mol. The van der Waals surface area contributed by atoms with Crippen LogP contribution in [-0.4, -0.2) is 36.7 Å². The van der Waals surface area contributed by atoms with Crippen molar-refractivity contribution in [2.45, 2.75) is 45.8 Å². The van der Waals surface area contributed by atoms with E-state index in [0.717, 1.165) is 22.6 Å². The molecule has 3 aromatic rings. The number of aromatic nitrogens is 2. The molecular weight excluding hydrogens is 408 g/mol. The highest BCUT2D eigenvalue weighted by Crippen LogP contribution is 2.42. The first-order chi connectivity index (χ1) is 14.8. The smallest absolute Gasteiger partial charge is 0.337 e. The van der Waals surface area contributed by atoms with Gasteiger partial charge in [0.1, 0.15) is 0 Å². The van der Waals surface area contributed by atoms with Gasteiger partial charge in [-0.05, 0) is 75.8 Å². The number of thiocarbonyl (C=S) groups is 1. The third-order valence-electron chi connectivity index (χ3n) is 5.86. The van der Waals surface area contributed by atoms with Gasteiger partial charge in [-0.3, -0.25) is 4.98 Å². The number of aromatic carboxylic acids is 1. The molecule has 1 fully saturated rings. The van der Waals surface area contributed by atoms with Crippen molar-refractivity contribution in [3.8, 4) is 5.69 Å². The molecule has 0 bridgehead atoms. The minimum Gasteiger partial charge on any atom is -0.478 e. The largest absolute Gasteiger partial charge is 0.478 e. The van der Waals surface area contributed by atoms with E-state index in [4.69, 9.17) is 12.2 Å². The lowest BCUT2D eigenvalue weighted by Gasteiger charge is -2.31. The van der Waals surface area contributed by atoms with Crippen LogP contribution < -0.4 is 5.32 Å². The maximum absolute atomic E-state index is 11.8. The minimum atomic E-state index is -0.941. The lowest BCUT2D eigenvalue weighted by molar-refractivity contribution is 0.0697. The lowest BCUT2D eigenvalue weighted by Crippen LogP contribution is -2.35. The van der Waals surface area contributed by atoms with Crippen LogP contribution in [0.1, 0.15) is 58.9 Å². The quantitative estimate of drug-likeness (QED) is 0.574. The van der Waals surface area contributed by atoms with Gasteiger partial charge >= 0.3 is 5.97 Å². The summed E-state index contributed by atoms with van der Waals surface area (Å²) >= 11 is 5.70. The molecule has 2 N–H and O–H groups in total. The Hall–Kier alpha value is -3.19. The first-order valence-electron chi connectivity index (χ1n) is 10.3. The second kappa shape index (κ2) is 8.15. The summed E-state index contributed by atoms with van der Waals surface area (Å²) in [6, 6.07) is 15.2. The molecule has 1 saturated heterocycles. The number of hydrogen-bond acceptors (Lipinski definition) is 3. The maximum atomic E-state index is 11.8. The van der Waals surface area contributed by atoms with Gasteiger partial charge in [0.05, 0.1) is 29.0 Å². The molecule has 7 heteroatoms. The summed E-state index contributed by atoms with van der Waals surface area (Å²) in [5.74, 6) is -0.941. The summed E-state index contributed by atoms with van der Waals surface area (Å²) in [5, 5.41) is 13.9. The topological polar surface area (TPSA) is 70.4 Å². The number of aryl methyl sites for hydroxylation is 1. The fourth-order valence-corrected chi connectivity index (χ4v) is 5.01. The molecule has 2 atom stereocenters. The Labute approximate surface area is 187 Å². The third-order valence-corrected chi connectivity index (χ3v) is 6.18. The van der Waals surface area contributed by atoms with E-state index in [-0.39, 0.29) is 23.7 Å². The Balaban J connectivity index is 1.89. The molecule has 0 saturated carbocycles. The van der Waals surface area contributed by atoms with Crippen LogP contribution in [0.25, 0.3) is 5.69 Å². The van der Waals surface area contributed by atoms with Crippen LogP contribution in [0.2, 0.25) is 0 Å². The van der Waals surface area contributed by atoms with Crippen molar-refractivity contribution in [3.63, 3.8) is 0 Å². The molecule has 1 aliphatic heterocycles. The van der Waals surface area contributed by atoms with Gasteiger partial charge in [-0.25, -0.2) is 4.79 Å². The second-order valence-corrected chi connectivity index (χ2v) is 8.50. The lowest BCUT2D eigenvalue weighted by atomic mass is 9.96. The molecule has 0 aliphatic carbocycles. The van der Waals surface area contributed by atoms with Crippen LogP contribution in [0.5, 0.6) is 0 Å². The van der Waals surface area contributed by atoms with Crippen molar-refractivity contribution in [1.29, 1.82) is 0 Å². The van der Waals surface area contributed by atoms with Crippen LogP contribution in [0.4, 0.5) is 0 Å². The average molecular weight is 435 g/mol. The van der Waals surface area contributed by atoms with E-state index in [1.807, 2.05) is 48.7 Å². The summed E-state index contributed by atoms with van der Waals surface area (Å²) < 4.78 is 2.02. The Morgan fingerprint density at radius 2 is 1.87 bits per heavy atom. The summed E-state index contributed by atoms with van der Waals surface area (Å²) in [6.07, 6.45) is 1.79. The number of nitrogens with one attached hydrogen (secondary N) is 1. The predicted octanol–water partition coefficient (Wildman–Crippen LogP) is 4.57. The van der Waals surface area contributed by atoms with Gasteiger partial charge in [0.2, 0.25) is 0 Å². The number of hydrogen-bond donors (Lipinski definition) is 2. The number of carboxylic acids is 1. The zero-order chi connectivity index (χ0) is 22.3. The molecule has 3 heterocycles. The first-order valence-corrected chi connectivity index (χ1v) is 10.7. The van der Waals surface area contributed by atoms with Crippen LogP contribution in [0.3, 0.4) is 0 Å². The maximum Gasteiger partial charge on any atom is 0.337 e. The molecule has 0 radical (unpaired) electrons. The van der Waals surface area contributed by atoms with Gasteiger partial charge in [0.15, 0.2) is 5.11 Å². The van der Waals surface area contributed by atoms with Gasteiger partial charge < -0.3 is 19.9 Å². The molecule has 1 aromatic carbocycles. The average Bonchev–Trinajstić information content (AvgIpc) is 3.24. The van der Waals surface area contributed by atoms with E-state index in [2.05, 4.69) is 35.1 Å². The van der Waals surface area contributed by atoms with Crippen molar-refractivity contribution in [1.82, 2.24) is 19.8 Å². The number of nitrogens with zero attached hydrogens (tertiary/aromatic N) is 3. The Morgan fingerprint density at radius 3 is 2.52 bits per heavy atom. The standard InChI is InChI=1S/C24H26N4O2S/c1-14(2)27-22(21(26-24(27)31)19-10-7-8-12-25-19)18-13-15(3)28(16(18)4)20-11-6-5-9-17(20)23(29)30/h5-14,21-22H,1-4H3,(H,26,31)(H,29,30)/t21-,22-/m1/s1. The van der Waals surface area contributed by atoms with Gasteiger partial charge in [-0.15, -0.1) is 0 Å². The fourth-order valence-electron chi connectivity index (χ4n) is 4.56. The van der Waals surface area contributed by atoms with E-state index < -0.39 is 5.97 Å². The van der Waals surface area contributed by atoms with E-state index in [0.29, 0.717) is 10.8 Å². The minimum absolute atomic E-state index is 0.0562. The van der Waals surface area contributed by atoms with Crippen LogP contribution in [0, 0.1) is 13.8 Å². The van der Waals surface area contributed by atoms with E-state index in [1.54, 1.807) is 18.3 Å². The zero-order valence-corrected chi connectivity index (χ0v) is 18.9. The Morgan fingerprint density at radius 1 is 1.16 bits per heavy atom.